The zero-order valence-corrected chi connectivity index (χ0v) is 10.8. The molecule has 6 nitrogen and oxygen atoms in total. The second-order valence-corrected chi connectivity index (χ2v) is 5.17. The zero-order valence-electron chi connectivity index (χ0n) is 10.8. The summed E-state index contributed by atoms with van der Waals surface area (Å²) in [4.78, 5) is 26.5. The van der Waals surface area contributed by atoms with Gasteiger partial charge in [0.05, 0.1) is 12.7 Å². The number of rotatable bonds is 3. The monoisotopic (exact) mass is 256 g/mol. The first-order valence-corrected chi connectivity index (χ1v) is 6.46. The van der Waals surface area contributed by atoms with Gasteiger partial charge in [0.1, 0.15) is 0 Å². The van der Waals surface area contributed by atoms with Crippen LogP contribution in [0.4, 0.5) is 4.79 Å². The van der Waals surface area contributed by atoms with E-state index in [1.165, 1.54) is 0 Å². The normalized spacial score (nSPS) is 29.7. The molecule has 2 aliphatic heterocycles. The second-order valence-electron chi connectivity index (χ2n) is 5.17. The van der Waals surface area contributed by atoms with Crippen LogP contribution in [0.15, 0.2) is 0 Å². The Bertz CT molecular complexity index is 345. The summed E-state index contributed by atoms with van der Waals surface area (Å²) in [7, 11) is 0. The fourth-order valence-electron chi connectivity index (χ4n) is 2.73. The molecule has 2 saturated heterocycles. The van der Waals surface area contributed by atoms with Crippen molar-refractivity contribution in [2.24, 2.45) is 0 Å². The minimum atomic E-state index is -1.07. The fourth-order valence-corrected chi connectivity index (χ4v) is 2.73. The molecule has 2 fully saturated rings. The molecule has 1 amide bonds. The van der Waals surface area contributed by atoms with Gasteiger partial charge in [0.15, 0.2) is 0 Å². The van der Waals surface area contributed by atoms with Crippen LogP contribution >= 0.6 is 0 Å². The Morgan fingerprint density at radius 3 is 2.72 bits per heavy atom. The molecule has 0 aromatic heterocycles. The minimum absolute atomic E-state index is 0.0180. The topological polar surface area (TPSA) is 70.1 Å². The van der Waals surface area contributed by atoms with Gasteiger partial charge in [0.2, 0.25) is 6.10 Å². The highest BCUT2D eigenvalue weighted by Gasteiger charge is 2.42. The number of piperidine rings is 1. The van der Waals surface area contributed by atoms with Crippen LogP contribution < -0.4 is 0 Å². The third kappa shape index (κ3) is 2.43. The van der Waals surface area contributed by atoms with E-state index in [1.54, 1.807) is 4.90 Å². The van der Waals surface area contributed by atoms with Crippen LogP contribution in [0.2, 0.25) is 0 Å². The van der Waals surface area contributed by atoms with Crippen LogP contribution in [0.5, 0.6) is 0 Å². The van der Waals surface area contributed by atoms with Crippen LogP contribution in [0.3, 0.4) is 0 Å². The Morgan fingerprint density at radius 2 is 2.17 bits per heavy atom. The summed E-state index contributed by atoms with van der Waals surface area (Å²) < 4.78 is 4.88. The van der Waals surface area contributed by atoms with Crippen LogP contribution in [-0.4, -0.2) is 58.4 Å². The lowest BCUT2D eigenvalue weighted by Crippen LogP contribution is -2.54. The Hall–Kier alpha value is -1.30. The van der Waals surface area contributed by atoms with Crippen molar-refractivity contribution < 1.29 is 19.4 Å². The quantitative estimate of drug-likeness (QED) is 0.819. The van der Waals surface area contributed by atoms with E-state index in [4.69, 9.17) is 9.84 Å². The van der Waals surface area contributed by atoms with Gasteiger partial charge < -0.3 is 9.84 Å². The third-order valence-corrected chi connectivity index (χ3v) is 3.65. The lowest BCUT2D eigenvalue weighted by Gasteiger charge is -2.42. The lowest BCUT2D eigenvalue weighted by molar-refractivity contribution is -0.144. The maximum Gasteiger partial charge on any atom is 0.412 e. The van der Waals surface area contributed by atoms with Crippen LogP contribution in [-0.2, 0) is 9.53 Å². The molecular weight excluding hydrogens is 236 g/mol. The number of ether oxygens (including phenoxy) is 1. The molecule has 0 aromatic carbocycles. The molecule has 2 heterocycles. The molecule has 1 unspecified atom stereocenters. The van der Waals surface area contributed by atoms with Crippen LogP contribution in [0.1, 0.15) is 33.1 Å². The van der Waals surface area contributed by atoms with Crippen molar-refractivity contribution in [3.8, 4) is 0 Å². The molecule has 2 aliphatic rings. The summed E-state index contributed by atoms with van der Waals surface area (Å²) in [5.74, 6) is -1.07. The number of nitrogens with zero attached hydrogens (tertiary/aromatic N) is 2. The van der Waals surface area contributed by atoms with E-state index in [9.17, 15) is 9.59 Å². The second kappa shape index (κ2) is 5.14. The number of hydrogen-bond acceptors (Lipinski definition) is 4. The van der Waals surface area contributed by atoms with Gasteiger partial charge in [-0.05, 0) is 33.1 Å². The minimum Gasteiger partial charge on any atom is -0.478 e. The predicted octanol–water partition coefficient (Wildman–Crippen LogP) is 1.11. The number of carboxylic acids is 1. The van der Waals surface area contributed by atoms with Gasteiger partial charge in [-0.3, -0.25) is 9.80 Å². The first-order chi connectivity index (χ1) is 8.50. The number of likely N-dealkylation sites (tertiary alicyclic amines) is 1. The van der Waals surface area contributed by atoms with Gasteiger partial charge in [-0.25, -0.2) is 9.59 Å². The van der Waals surface area contributed by atoms with E-state index >= 15 is 0 Å². The number of cyclic esters (lactones) is 1. The van der Waals surface area contributed by atoms with Crippen molar-refractivity contribution in [1.82, 2.24) is 9.80 Å². The highest BCUT2D eigenvalue weighted by atomic mass is 16.6. The van der Waals surface area contributed by atoms with E-state index in [0.717, 1.165) is 25.8 Å². The van der Waals surface area contributed by atoms with Gasteiger partial charge in [0.25, 0.3) is 0 Å². The molecule has 6 heteroatoms. The maximum atomic E-state index is 11.8. The zero-order chi connectivity index (χ0) is 13.3. The van der Waals surface area contributed by atoms with Gasteiger partial charge in [-0.2, -0.15) is 0 Å². The molecule has 0 radical (unpaired) electrons. The standard InChI is InChI=1S/C12H20N2O4/c1-8(2)13-6-4-3-5-10(13)14-7-9(11(15)16)18-12(14)17/h8-10H,3-7H2,1-2H3,(H,15,16)/t9-,10?/m1/s1. The summed E-state index contributed by atoms with van der Waals surface area (Å²) in [5, 5.41) is 8.90. The van der Waals surface area contributed by atoms with Crippen molar-refractivity contribution in [2.45, 2.75) is 51.4 Å². The number of carboxylic acid groups (broad SMARTS) is 1. The molecule has 0 bridgehead atoms. The molecule has 1 N–H and O–H groups in total. The molecule has 102 valence electrons. The van der Waals surface area contributed by atoms with Crippen molar-refractivity contribution >= 4 is 12.1 Å². The number of aliphatic carboxylic acids is 1. The molecule has 2 rings (SSSR count). The van der Waals surface area contributed by atoms with Crippen molar-refractivity contribution in [2.75, 3.05) is 13.1 Å². The summed E-state index contributed by atoms with van der Waals surface area (Å²) in [6.07, 6.45) is 1.54. The van der Waals surface area contributed by atoms with E-state index in [-0.39, 0.29) is 12.7 Å². The van der Waals surface area contributed by atoms with E-state index in [2.05, 4.69) is 18.7 Å². The Kier molecular flexibility index (Phi) is 3.75. The summed E-state index contributed by atoms with van der Waals surface area (Å²) >= 11 is 0. The molecule has 0 aliphatic carbocycles. The third-order valence-electron chi connectivity index (χ3n) is 3.65. The van der Waals surface area contributed by atoms with Gasteiger partial charge >= 0.3 is 12.1 Å². The first kappa shape index (κ1) is 13.1. The Morgan fingerprint density at radius 1 is 1.44 bits per heavy atom. The first-order valence-electron chi connectivity index (χ1n) is 6.46. The molecule has 0 saturated carbocycles. The summed E-state index contributed by atoms with van der Waals surface area (Å²) in [5.41, 5.74) is 0. The number of carbonyl (C=O) groups is 2. The smallest absolute Gasteiger partial charge is 0.412 e. The molecular formula is C12H20N2O4. The lowest BCUT2D eigenvalue weighted by atomic mass is 10.0. The largest absolute Gasteiger partial charge is 0.478 e. The van der Waals surface area contributed by atoms with E-state index < -0.39 is 18.2 Å². The highest BCUT2D eigenvalue weighted by Crippen LogP contribution is 2.26. The molecule has 18 heavy (non-hydrogen) atoms. The Labute approximate surface area is 106 Å². The van der Waals surface area contributed by atoms with Gasteiger partial charge in [-0.15, -0.1) is 0 Å². The average Bonchev–Trinajstić information content (AvgIpc) is 2.71. The number of carbonyl (C=O) groups excluding carboxylic acids is 1. The van der Waals surface area contributed by atoms with Gasteiger partial charge in [0, 0.05) is 12.6 Å². The van der Waals surface area contributed by atoms with Crippen molar-refractivity contribution in [3.63, 3.8) is 0 Å². The van der Waals surface area contributed by atoms with Crippen molar-refractivity contribution in [1.29, 1.82) is 0 Å². The van der Waals surface area contributed by atoms with E-state index in [0.29, 0.717) is 6.04 Å². The van der Waals surface area contributed by atoms with Crippen LogP contribution in [0, 0.1) is 0 Å². The van der Waals surface area contributed by atoms with Crippen LogP contribution in [0.25, 0.3) is 0 Å². The maximum absolute atomic E-state index is 11.8. The Balaban J connectivity index is 2.09. The highest BCUT2D eigenvalue weighted by molar-refractivity contribution is 5.81. The molecule has 0 aromatic rings. The number of amides is 1. The summed E-state index contributed by atoms with van der Waals surface area (Å²) in [6, 6.07) is 0.340. The fraction of sp³-hybridized carbons (Fsp3) is 0.833. The summed E-state index contributed by atoms with van der Waals surface area (Å²) in [6.45, 7) is 5.29. The molecule has 2 atom stereocenters. The number of hydrogen-bond donors (Lipinski definition) is 1. The van der Waals surface area contributed by atoms with E-state index in [1.807, 2.05) is 0 Å². The van der Waals surface area contributed by atoms with Gasteiger partial charge in [-0.1, -0.05) is 0 Å². The van der Waals surface area contributed by atoms with Crippen molar-refractivity contribution in [3.05, 3.63) is 0 Å². The average molecular weight is 256 g/mol. The SMILES string of the molecule is CC(C)N1CCCCC1N1C[C@H](C(=O)O)OC1=O. The molecule has 0 spiro atoms. The predicted molar refractivity (Wildman–Crippen MR) is 64.1 cm³/mol.